The van der Waals surface area contributed by atoms with Crippen molar-refractivity contribution in [2.45, 2.75) is 13.5 Å². The zero-order chi connectivity index (χ0) is 13.1. The first-order chi connectivity index (χ1) is 8.60. The quantitative estimate of drug-likeness (QED) is 0.897. The number of hydrogen-bond donors (Lipinski definition) is 2. The normalized spacial score (nSPS) is 10.4. The minimum absolute atomic E-state index is 0.0133. The van der Waals surface area contributed by atoms with Crippen molar-refractivity contribution in [3.05, 3.63) is 33.8 Å². The fourth-order valence-corrected chi connectivity index (χ4v) is 2.16. The Morgan fingerprint density at radius 2 is 2.00 bits per heavy atom. The third-order valence-electron chi connectivity index (χ3n) is 2.27. The fraction of sp³-hybridized carbons (Fsp3) is 0.273. The molecule has 0 atom stereocenters. The molecule has 4 nitrogen and oxygen atoms in total. The van der Waals surface area contributed by atoms with Crippen LogP contribution < -0.4 is 10.6 Å². The monoisotopic (exact) mass is 270 g/mol. The molecule has 18 heavy (non-hydrogen) atoms. The van der Waals surface area contributed by atoms with Gasteiger partial charge in [-0.25, -0.2) is 18.7 Å². The number of aromatic nitrogens is 2. The van der Waals surface area contributed by atoms with Gasteiger partial charge in [-0.15, -0.1) is 11.3 Å². The van der Waals surface area contributed by atoms with Crippen LogP contribution in [-0.4, -0.2) is 17.0 Å². The standard InChI is InChI=1S/C11H12F2N4S/c1-6-15-4-7(18-6)5-16-11-9(13)3-8(12)10(14-2)17-11/h3-4H,5H2,1-2H3,(H2,14,16,17). The maximum absolute atomic E-state index is 13.5. The van der Waals surface area contributed by atoms with Crippen LogP contribution in [0.4, 0.5) is 20.4 Å². The van der Waals surface area contributed by atoms with E-state index < -0.39 is 11.6 Å². The number of hydrogen-bond acceptors (Lipinski definition) is 5. The van der Waals surface area contributed by atoms with Gasteiger partial charge in [0.1, 0.15) is 0 Å². The molecule has 0 spiro atoms. The van der Waals surface area contributed by atoms with Gasteiger partial charge in [-0.1, -0.05) is 0 Å². The predicted molar refractivity (Wildman–Crippen MR) is 67.9 cm³/mol. The highest BCUT2D eigenvalue weighted by Gasteiger charge is 2.10. The Morgan fingerprint density at radius 3 is 2.61 bits per heavy atom. The molecule has 2 aromatic rings. The van der Waals surface area contributed by atoms with Crippen LogP contribution in [0.3, 0.4) is 0 Å². The van der Waals surface area contributed by atoms with Crippen molar-refractivity contribution in [1.82, 2.24) is 9.97 Å². The first-order valence-corrected chi connectivity index (χ1v) is 6.10. The molecule has 0 amide bonds. The summed E-state index contributed by atoms with van der Waals surface area (Å²) in [5.74, 6) is -1.40. The molecule has 7 heteroatoms. The van der Waals surface area contributed by atoms with Crippen LogP contribution in [0.25, 0.3) is 0 Å². The van der Waals surface area contributed by atoms with E-state index in [4.69, 9.17) is 0 Å². The summed E-state index contributed by atoms with van der Waals surface area (Å²) in [6.07, 6.45) is 1.72. The number of thiazole rings is 1. The molecule has 0 saturated heterocycles. The van der Waals surface area contributed by atoms with Crippen molar-refractivity contribution in [3.8, 4) is 0 Å². The van der Waals surface area contributed by atoms with Gasteiger partial charge in [-0.2, -0.15) is 0 Å². The molecule has 0 saturated carbocycles. The van der Waals surface area contributed by atoms with Crippen LogP contribution in [-0.2, 0) is 6.54 Å². The second kappa shape index (κ2) is 5.26. The van der Waals surface area contributed by atoms with Crippen molar-refractivity contribution >= 4 is 23.0 Å². The lowest BCUT2D eigenvalue weighted by Crippen LogP contribution is -2.06. The Labute approximate surface area is 107 Å². The van der Waals surface area contributed by atoms with E-state index in [2.05, 4.69) is 20.6 Å². The summed E-state index contributed by atoms with van der Waals surface area (Å²) >= 11 is 1.51. The van der Waals surface area contributed by atoms with Gasteiger partial charge < -0.3 is 10.6 Å². The van der Waals surface area contributed by atoms with Crippen molar-refractivity contribution in [3.63, 3.8) is 0 Å². The van der Waals surface area contributed by atoms with Crippen molar-refractivity contribution in [2.75, 3.05) is 17.7 Å². The van der Waals surface area contributed by atoms with Gasteiger partial charge in [0.2, 0.25) is 0 Å². The Morgan fingerprint density at radius 1 is 1.28 bits per heavy atom. The molecule has 0 fully saturated rings. The van der Waals surface area contributed by atoms with E-state index in [1.807, 2.05) is 6.92 Å². The fourth-order valence-electron chi connectivity index (χ4n) is 1.42. The topological polar surface area (TPSA) is 49.8 Å². The Kier molecular flexibility index (Phi) is 3.71. The molecular weight excluding hydrogens is 258 g/mol. The number of nitrogens with zero attached hydrogens (tertiary/aromatic N) is 2. The first kappa shape index (κ1) is 12.7. The zero-order valence-corrected chi connectivity index (χ0v) is 10.7. The lowest BCUT2D eigenvalue weighted by Gasteiger charge is -2.08. The largest absolute Gasteiger partial charge is 0.371 e. The number of nitrogens with one attached hydrogen (secondary N) is 2. The molecule has 0 aromatic carbocycles. The second-order valence-corrected chi connectivity index (χ2v) is 4.92. The van der Waals surface area contributed by atoms with Gasteiger partial charge in [0, 0.05) is 24.2 Å². The number of rotatable bonds is 4. The molecule has 2 N–H and O–H groups in total. The van der Waals surface area contributed by atoms with Crippen molar-refractivity contribution < 1.29 is 8.78 Å². The molecule has 0 unspecified atom stereocenters. The van der Waals surface area contributed by atoms with Gasteiger partial charge in [-0.05, 0) is 6.92 Å². The van der Waals surface area contributed by atoms with E-state index >= 15 is 0 Å². The molecule has 2 rings (SSSR count). The van der Waals surface area contributed by atoms with E-state index in [9.17, 15) is 8.78 Å². The average Bonchev–Trinajstić information content (AvgIpc) is 2.74. The van der Waals surface area contributed by atoms with E-state index in [-0.39, 0.29) is 11.6 Å². The highest BCUT2D eigenvalue weighted by Crippen LogP contribution is 2.20. The average molecular weight is 270 g/mol. The van der Waals surface area contributed by atoms with Crippen LogP contribution in [0, 0.1) is 18.6 Å². The van der Waals surface area contributed by atoms with Gasteiger partial charge >= 0.3 is 0 Å². The molecule has 2 heterocycles. The third kappa shape index (κ3) is 2.73. The number of aryl methyl sites for hydroxylation is 1. The van der Waals surface area contributed by atoms with Crippen LogP contribution in [0.2, 0.25) is 0 Å². The summed E-state index contributed by atoms with van der Waals surface area (Å²) in [5.41, 5.74) is 0. The van der Waals surface area contributed by atoms with Gasteiger partial charge in [0.05, 0.1) is 11.6 Å². The summed E-state index contributed by atoms with van der Waals surface area (Å²) in [6, 6.07) is 0.805. The Bertz CT molecular complexity index is 556. The lowest BCUT2D eigenvalue weighted by atomic mass is 10.4. The maximum Gasteiger partial charge on any atom is 0.168 e. The van der Waals surface area contributed by atoms with Crippen LogP contribution in [0.5, 0.6) is 0 Å². The smallest absolute Gasteiger partial charge is 0.168 e. The number of pyridine rings is 1. The van der Waals surface area contributed by atoms with Crippen molar-refractivity contribution in [1.29, 1.82) is 0 Å². The number of halogens is 2. The molecule has 0 radical (unpaired) electrons. The number of anilines is 2. The highest BCUT2D eigenvalue weighted by atomic mass is 32.1. The van der Waals surface area contributed by atoms with Gasteiger partial charge in [0.15, 0.2) is 23.3 Å². The molecule has 0 aliphatic rings. The summed E-state index contributed by atoms with van der Waals surface area (Å²) in [5, 5.41) is 6.32. The van der Waals surface area contributed by atoms with Crippen LogP contribution >= 0.6 is 11.3 Å². The molecule has 96 valence electrons. The van der Waals surface area contributed by atoms with Gasteiger partial charge in [0.25, 0.3) is 0 Å². The van der Waals surface area contributed by atoms with Crippen LogP contribution in [0.1, 0.15) is 9.88 Å². The van der Waals surface area contributed by atoms with Crippen LogP contribution in [0.15, 0.2) is 12.3 Å². The minimum atomic E-state index is -0.715. The van der Waals surface area contributed by atoms with E-state index in [0.717, 1.165) is 16.0 Å². The summed E-state index contributed by atoms with van der Waals surface area (Å²) < 4.78 is 26.7. The summed E-state index contributed by atoms with van der Waals surface area (Å²) in [4.78, 5) is 8.88. The van der Waals surface area contributed by atoms with E-state index in [1.165, 1.54) is 18.4 Å². The molecule has 2 aromatic heterocycles. The molecular formula is C11H12F2N4S. The minimum Gasteiger partial charge on any atom is -0.371 e. The SMILES string of the molecule is CNc1nc(NCc2cnc(C)s2)c(F)cc1F. The zero-order valence-electron chi connectivity index (χ0n) is 9.92. The summed E-state index contributed by atoms with van der Waals surface area (Å²) in [7, 11) is 1.53. The Hall–Kier alpha value is -1.76. The second-order valence-electron chi connectivity index (χ2n) is 3.60. The van der Waals surface area contributed by atoms with E-state index in [1.54, 1.807) is 6.20 Å². The third-order valence-corrected chi connectivity index (χ3v) is 3.18. The van der Waals surface area contributed by atoms with E-state index in [0.29, 0.717) is 6.54 Å². The van der Waals surface area contributed by atoms with Gasteiger partial charge in [-0.3, -0.25) is 0 Å². The predicted octanol–water partition coefficient (Wildman–Crippen LogP) is 2.78. The summed E-state index contributed by atoms with van der Waals surface area (Å²) in [6.45, 7) is 2.30. The highest BCUT2D eigenvalue weighted by molar-refractivity contribution is 7.11. The molecule has 0 aliphatic heterocycles. The first-order valence-electron chi connectivity index (χ1n) is 5.29. The molecule has 0 bridgehead atoms. The maximum atomic E-state index is 13.5. The lowest BCUT2D eigenvalue weighted by molar-refractivity contribution is 0.578. The Balaban J connectivity index is 2.13. The van der Waals surface area contributed by atoms with Crippen molar-refractivity contribution in [2.24, 2.45) is 0 Å². The molecule has 0 aliphatic carbocycles.